The quantitative estimate of drug-likeness (QED) is 0.347. The molecule has 2 unspecified atom stereocenters. The smallest absolute Gasteiger partial charge is 0.231 e. The molecule has 0 bridgehead atoms. The largest absolute Gasteiger partial charge is 0.454 e. The first-order valence-electron chi connectivity index (χ1n) is 9.19. The summed E-state index contributed by atoms with van der Waals surface area (Å²) in [4.78, 5) is 4.67. The predicted octanol–water partition coefficient (Wildman–Crippen LogP) is 3.03. The molecule has 1 aliphatic carbocycles. The van der Waals surface area contributed by atoms with E-state index in [9.17, 15) is 5.11 Å². The van der Waals surface area contributed by atoms with Crippen molar-refractivity contribution in [3.63, 3.8) is 0 Å². The van der Waals surface area contributed by atoms with Gasteiger partial charge in [-0.3, -0.25) is 0 Å². The number of halogens is 1. The Hall–Kier alpha value is -1.22. The third-order valence-electron chi connectivity index (χ3n) is 5.14. The van der Waals surface area contributed by atoms with Crippen molar-refractivity contribution in [1.29, 1.82) is 0 Å². The fourth-order valence-electron chi connectivity index (χ4n) is 3.42. The number of rotatable bonds is 5. The molecule has 1 saturated carbocycles. The van der Waals surface area contributed by atoms with E-state index in [2.05, 4.69) is 29.5 Å². The van der Waals surface area contributed by atoms with Crippen LogP contribution in [0.5, 0.6) is 11.5 Å². The number of aliphatic hydroxyl groups excluding tert-OH is 1. The van der Waals surface area contributed by atoms with Crippen LogP contribution in [0, 0.1) is 5.41 Å². The number of aliphatic imine (C=N–C) groups is 1. The highest BCUT2D eigenvalue weighted by molar-refractivity contribution is 14.0. The predicted molar refractivity (Wildman–Crippen MR) is 113 cm³/mol. The maximum absolute atomic E-state index is 10.3. The highest BCUT2D eigenvalue weighted by atomic mass is 127. The van der Waals surface area contributed by atoms with Gasteiger partial charge in [-0.2, -0.15) is 0 Å². The lowest BCUT2D eigenvalue weighted by Gasteiger charge is -2.38. The van der Waals surface area contributed by atoms with Gasteiger partial charge in [0.25, 0.3) is 0 Å². The molecule has 0 spiro atoms. The fraction of sp³-hybridized carbons (Fsp3) is 0.632. The van der Waals surface area contributed by atoms with E-state index in [0.29, 0.717) is 6.54 Å². The van der Waals surface area contributed by atoms with Crippen LogP contribution in [0.2, 0.25) is 0 Å². The molecular weight excluding hydrogens is 445 g/mol. The van der Waals surface area contributed by atoms with Crippen LogP contribution in [0.25, 0.3) is 0 Å². The summed E-state index contributed by atoms with van der Waals surface area (Å²) in [6, 6.07) is 5.90. The Labute approximate surface area is 172 Å². The second-order valence-corrected chi connectivity index (χ2v) is 7.15. The van der Waals surface area contributed by atoms with Crippen molar-refractivity contribution in [2.45, 2.75) is 52.2 Å². The Kier molecular flexibility index (Phi) is 7.82. The minimum absolute atomic E-state index is 0. The van der Waals surface area contributed by atoms with Gasteiger partial charge in [0.1, 0.15) is 0 Å². The van der Waals surface area contributed by atoms with Crippen LogP contribution in [0.1, 0.15) is 45.1 Å². The highest BCUT2D eigenvalue weighted by Crippen LogP contribution is 2.35. The van der Waals surface area contributed by atoms with Gasteiger partial charge < -0.3 is 25.2 Å². The van der Waals surface area contributed by atoms with E-state index < -0.39 is 0 Å². The first kappa shape index (κ1) is 21.1. The number of benzene rings is 1. The van der Waals surface area contributed by atoms with Gasteiger partial charge in [0.2, 0.25) is 6.79 Å². The molecule has 26 heavy (non-hydrogen) atoms. The number of nitrogens with zero attached hydrogens (tertiary/aromatic N) is 1. The van der Waals surface area contributed by atoms with Crippen LogP contribution in [-0.2, 0) is 6.54 Å². The van der Waals surface area contributed by atoms with Crippen molar-refractivity contribution >= 4 is 29.9 Å². The molecule has 6 nitrogen and oxygen atoms in total. The maximum Gasteiger partial charge on any atom is 0.231 e. The molecule has 1 heterocycles. The number of hydrogen-bond acceptors (Lipinski definition) is 4. The Balaban J connectivity index is 0.00000243. The number of fused-ring (bicyclic) bond motifs is 1. The Morgan fingerprint density at radius 3 is 2.85 bits per heavy atom. The van der Waals surface area contributed by atoms with Crippen LogP contribution in [0.4, 0.5) is 0 Å². The molecule has 0 amide bonds. The third kappa shape index (κ3) is 5.16. The maximum atomic E-state index is 10.3. The first-order valence-corrected chi connectivity index (χ1v) is 9.19. The van der Waals surface area contributed by atoms with Gasteiger partial charge in [0.05, 0.1) is 12.6 Å². The Morgan fingerprint density at radius 2 is 2.08 bits per heavy atom. The summed E-state index contributed by atoms with van der Waals surface area (Å²) in [6.45, 7) is 6.58. The third-order valence-corrected chi connectivity index (χ3v) is 5.14. The molecule has 146 valence electrons. The molecular formula is C19H30IN3O3. The topological polar surface area (TPSA) is 75.1 Å². The van der Waals surface area contributed by atoms with Gasteiger partial charge in [-0.25, -0.2) is 4.99 Å². The van der Waals surface area contributed by atoms with Gasteiger partial charge in [-0.05, 0) is 37.5 Å². The molecule has 7 heteroatoms. The van der Waals surface area contributed by atoms with Gasteiger partial charge >= 0.3 is 0 Å². The molecule has 2 aliphatic rings. The summed E-state index contributed by atoms with van der Waals surface area (Å²) in [7, 11) is 0. The van der Waals surface area contributed by atoms with E-state index in [0.717, 1.165) is 55.4 Å². The molecule has 0 saturated heterocycles. The zero-order valence-electron chi connectivity index (χ0n) is 15.6. The summed E-state index contributed by atoms with van der Waals surface area (Å²) in [5, 5.41) is 17.0. The van der Waals surface area contributed by atoms with Gasteiger partial charge in [-0.1, -0.05) is 25.8 Å². The zero-order chi connectivity index (χ0) is 17.7. The molecule has 1 fully saturated rings. The average molecular weight is 475 g/mol. The molecule has 2 atom stereocenters. The van der Waals surface area contributed by atoms with Crippen molar-refractivity contribution in [2.75, 3.05) is 19.9 Å². The minimum Gasteiger partial charge on any atom is -0.454 e. The zero-order valence-corrected chi connectivity index (χ0v) is 17.9. The second kappa shape index (κ2) is 9.64. The van der Waals surface area contributed by atoms with Crippen LogP contribution >= 0.6 is 24.0 Å². The van der Waals surface area contributed by atoms with E-state index >= 15 is 0 Å². The van der Waals surface area contributed by atoms with Crippen LogP contribution in [0.3, 0.4) is 0 Å². The van der Waals surface area contributed by atoms with E-state index in [1.165, 1.54) is 6.42 Å². The lowest BCUT2D eigenvalue weighted by Crippen LogP contribution is -2.48. The number of hydrogen-bond donors (Lipinski definition) is 3. The molecule has 1 aromatic rings. The van der Waals surface area contributed by atoms with Crippen molar-refractivity contribution in [3.8, 4) is 11.5 Å². The normalized spacial score (nSPS) is 24.7. The minimum atomic E-state index is -0.245. The summed E-state index contributed by atoms with van der Waals surface area (Å²) in [5.41, 5.74) is 0.984. The van der Waals surface area contributed by atoms with Crippen molar-refractivity contribution in [2.24, 2.45) is 10.4 Å². The summed E-state index contributed by atoms with van der Waals surface area (Å²) in [5.74, 6) is 2.35. The monoisotopic (exact) mass is 475 g/mol. The summed E-state index contributed by atoms with van der Waals surface area (Å²) in [6.07, 6.45) is 3.99. The van der Waals surface area contributed by atoms with E-state index in [1.54, 1.807) is 0 Å². The van der Waals surface area contributed by atoms with Crippen LogP contribution in [0.15, 0.2) is 23.2 Å². The van der Waals surface area contributed by atoms with Gasteiger partial charge in [-0.15, -0.1) is 24.0 Å². The summed E-state index contributed by atoms with van der Waals surface area (Å²) < 4.78 is 10.8. The van der Waals surface area contributed by atoms with Crippen LogP contribution < -0.4 is 20.1 Å². The molecule has 3 N–H and O–H groups in total. The second-order valence-electron chi connectivity index (χ2n) is 7.15. The molecule has 3 rings (SSSR count). The average Bonchev–Trinajstić information content (AvgIpc) is 3.08. The first-order chi connectivity index (χ1) is 12.1. The van der Waals surface area contributed by atoms with Crippen molar-refractivity contribution < 1.29 is 14.6 Å². The molecule has 1 aromatic carbocycles. The Morgan fingerprint density at radius 1 is 1.27 bits per heavy atom. The van der Waals surface area contributed by atoms with Gasteiger partial charge in [0, 0.05) is 18.5 Å². The van der Waals surface area contributed by atoms with E-state index in [4.69, 9.17) is 9.47 Å². The number of aliphatic hydroxyl groups is 1. The lowest BCUT2D eigenvalue weighted by molar-refractivity contribution is 0.00397. The SMILES string of the molecule is CCNC(=NCc1ccc2c(c1)OCO2)NCC1(C)CCCCC1O.I. The van der Waals surface area contributed by atoms with Gasteiger partial charge in [0.15, 0.2) is 17.5 Å². The molecule has 0 aromatic heterocycles. The molecule has 0 radical (unpaired) electrons. The van der Waals surface area contributed by atoms with E-state index in [-0.39, 0.29) is 42.3 Å². The van der Waals surface area contributed by atoms with Crippen molar-refractivity contribution in [3.05, 3.63) is 23.8 Å². The van der Waals surface area contributed by atoms with Crippen LogP contribution in [-0.4, -0.2) is 37.1 Å². The molecule has 1 aliphatic heterocycles. The highest BCUT2D eigenvalue weighted by Gasteiger charge is 2.35. The fourth-order valence-corrected chi connectivity index (χ4v) is 3.42. The summed E-state index contributed by atoms with van der Waals surface area (Å²) >= 11 is 0. The lowest BCUT2D eigenvalue weighted by atomic mass is 9.73. The number of nitrogens with one attached hydrogen (secondary N) is 2. The van der Waals surface area contributed by atoms with Crippen molar-refractivity contribution in [1.82, 2.24) is 10.6 Å². The number of guanidine groups is 1. The Bertz CT molecular complexity index is 626. The van der Waals surface area contributed by atoms with E-state index in [1.807, 2.05) is 18.2 Å². The number of ether oxygens (including phenoxy) is 2. The standard InChI is InChI=1S/C19H29N3O3.HI/c1-3-20-18(22-12-19(2)9-5-4-6-17(19)23)21-11-14-7-8-15-16(10-14)25-13-24-15;/h7-8,10,17,23H,3-6,9,11-13H2,1-2H3,(H2,20,21,22);1H.